The quantitative estimate of drug-likeness (QED) is 0.733. The topological polar surface area (TPSA) is 63.1 Å². The molecule has 0 saturated heterocycles. The molecule has 1 aliphatic heterocycles. The van der Waals surface area contributed by atoms with E-state index in [-0.39, 0.29) is 11.9 Å². The summed E-state index contributed by atoms with van der Waals surface area (Å²) in [4.78, 5) is 14.6. The van der Waals surface area contributed by atoms with Gasteiger partial charge in [-0.2, -0.15) is 0 Å². The number of rotatable bonds is 6. The monoisotopic (exact) mass is 361 g/mol. The van der Waals surface area contributed by atoms with Crippen molar-refractivity contribution in [2.45, 2.75) is 25.4 Å². The molecular weight excluding hydrogens is 338 g/mol. The van der Waals surface area contributed by atoms with E-state index >= 15 is 0 Å². The van der Waals surface area contributed by atoms with E-state index in [0.717, 1.165) is 29.4 Å². The number of amides is 1. The van der Waals surface area contributed by atoms with Gasteiger partial charge in [-0.25, -0.2) is 0 Å². The molecule has 2 heterocycles. The summed E-state index contributed by atoms with van der Waals surface area (Å²) in [5, 5.41) is 12.1. The molecule has 0 radical (unpaired) electrons. The highest BCUT2D eigenvalue weighted by molar-refractivity contribution is 5.81. The molecule has 138 valence electrons. The van der Waals surface area contributed by atoms with Gasteiger partial charge in [0, 0.05) is 32.1 Å². The summed E-state index contributed by atoms with van der Waals surface area (Å²) in [6.45, 7) is 1.24. The number of para-hydroxylation sites is 1. The summed E-state index contributed by atoms with van der Waals surface area (Å²) < 4.78 is 2.04. The van der Waals surface area contributed by atoms with Crippen LogP contribution in [0.5, 0.6) is 0 Å². The van der Waals surface area contributed by atoms with Crippen LogP contribution in [0.15, 0.2) is 60.7 Å². The number of carbonyl (C=O) groups is 1. The predicted octanol–water partition coefficient (Wildman–Crippen LogP) is 2.69. The van der Waals surface area contributed by atoms with Gasteiger partial charge in [-0.15, -0.1) is 10.2 Å². The Morgan fingerprint density at radius 2 is 1.74 bits per heavy atom. The first-order valence-electron chi connectivity index (χ1n) is 9.23. The van der Waals surface area contributed by atoms with E-state index in [9.17, 15) is 4.79 Å². The first-order chi connectivity index (χ1) is 13.2. The fourth-order valence-corrected chi connectivity index (χ4v) is 3.54. The van der Waals surface area contributed by atoms with E-state index < -0.39 is 0 Å². The Kier molecular flexibility index (Phi) is 4.87. The summed E-state index contributed by atoms with van der Waals surface area (Å²) in [5.41, 5.74) is 2.21. The number of benzene rings is 2. The van der Waals surface area contributed by atoms with Crippen LogP contribution in [0.2, 0.25) is 0 Å². The van der Waals surface area contributed by atoms with E-state index in [1.807, 2.05) is 60.1 Å². The average Bonchev–Trinajstić information content (AvgIpc) is 3.09. The molecule has 1 amide bonds. The molecule has 4 rings (SSSR count). The Morgan fingerprint density at radius 3 is 2.48 bits per heavy atom. The standard InChI is InChI=1S/C21H23N5O/c1-25-15-20-24-23-19(12-13-22-17-10-6-3-7-11-17)26(20)18(21(25)27)14-16-8-4-2-5-9-16/h2-11,18,22H,12-15H2,1H3/t18-/m0/s1. The van der Waals surface area contributed by atoms with Gasteiger partial charge >= 0.3 is 0 Å². The molecule has 0 spiro atoms. The first-order valence-corrected chi connectivity index (χ1v) is 9.23. The number of aromatic nitrogens is 3. The molecule has 1 atom stereocenters. The number of hydrogen-bond acceptors (Lipinski definition) is 4. The minimum atomic E-state index is -0.289. The lowest BCUT2D eigenvalue weighted by atomic mass is 10.0. The average molecular weight is 361 g/mol. The molecule has 1 N–H and O–H groups in total. The molecule has 2 aromatic carbocycles. The van der Waals surface area contributed by atoms with Crippen molar-refractivity contribution in [2.75, 3.05) is 18.9 Å². The Hall–Kier alpha value is -3.15. The molecule has 27 heavy (non-hydrogen) atoms. The summed E-state index contributed by atoms with van der Waals surface area (Å²) in [7, 11) is 1.83. The number of hydrogen-bond donors (Lipinski definition) is 1. The molecule has 0 fully saturated rings. The van der Waals surface area contributed by atoms with Gasteiger partial charge in [-0.05, 0) is 17.7 Å². The predicted molar refractivity (Wildman–Crippen MR) is 104 cm³/mol. The lowest BCUT2D eigenvalue weighted by Gasteiger charge is -2.31. The summed E-state index contributed by atoms with van der Waals surface area (Å²) in [6, 6.07) is 19.9. The first kappa shape index (κ1) is 17.3. The number of fused-ring (bicyclic) bond motifs is 1. The smallest absolute Gasteiger partial charge is 0.246 e. The Balaban J connectivity index is 1.54. The van der Waals surface area contributed by atoms with Gasteiger partial charge < -0.3 is 14.8 Å². The second kappa shape index (κ2) is 7.61. The van der Waals surface area contributed by atoms with Gasteiger partial charge in [-0.1, -0.05) is 48.5 Å². The molecule has 6 nitrogen and oxygen atoms in total. The lowest BCUT2D eigenvalue weighted by Crippen LogP contribution is -2.42. The van der Waals surface area contributed by atoms with Crippen LogP contribution in [-0.2, 0) is 24.2 Å². The van der Waals surface area contributed by atoms with Gasteiger partial charge in [0.05, 0.1) is 6.54 Å². The lowest BCUT2D eigenvalue weighted by molar-refractivity contribution is -0.136. The van der Waals surface area contributed by atoms with Gasteiger partial charge in [0.2, 0.25) is 5.91 Å². The normalized spacial score (nSPS) is 16.3. The summed E-state index contributed by atoms with van der Waals surface area (Å²) in [5.74, 6) is 1.83. The molecule has 0 saturated carbocycles. The highest BCUT2D eigenvalue weighted by Crippen LogP contribution is 2.26. The largest absolute Gasteiger partial charge is 0.385 e. The fourth-order valence-electron chi connectivity index (χ4n) is 3.54. The van der Waals surface area contributed by atoms with Crippen LogP contribution >= 0.6 is 0 Å². The SMILES string of the molecule is CN1Cc2nnc(CCNc3ccccc3)n2[C@@H](Cc2ccccc2)C1=O. The molecule has 0 unspecified atom stereocenters. The Morgan fingerprint density at radius 1 is 1.04 bits per heavy atom. The molecule has 1 aliphatic rings. The maximum Gasteiger partial charge on any atom is 0.246 e. The Labute approximate surface area is 158 Å². The Bertz CT molecular complexity index is 907. The van der Waals surface area contributed by atoms with Crippen molar-refractivity contribution >= 4 is 11.6 Å². The number of anilines is 1. The third-order valence-electron chi connectivity index (χ3n) is 4.91. The van der Waals surface area contributed by atoms with Crippen LogP contribution in [0.3, 0.4) is 0 Å². The fraction of sp³-hybridized carbons (Fsp3) is 0.286. The molecule has 3 aromatic rings. The van der Waals surface area contributed by atoms with E-state index in [1.54, 1.807) is 4.90 Å². The number of nitrogens with one attached hydrogen (secondary N) is 1. The number of nitrogens with zero attached hydrogens (tertiary/aromatic N) is 4. The van der Waals surface area contributed by atoms with Crippen molar-refractivity contribution in [2.24, 2.45) is 0 Å². The van der Waals surface area contributed by atoms with Crippen molar-refractivity contribution < 1.29 is 4.79 Å². The van der Waals surface area contributed by atoms with E-state index in [2.05, 4.69) is 27.6 Å². The van der Waals surface area contributed by atoms with Crippen LogP contribution in [0.25, 0.3) is 0 Å². The maximum atomic E-state index is 12.9. The zero-order chi connectivity index (χ0) is 18.6. The van der Waals surface area contributed by atoms with Crippen LogP contribution in [-0.4, -0.2) is 39.2 Å². The van der Waals surface area contributed by atoms with Gasteiger partial charge in [0.15, 0.2) is 5.82 Å². The number of likely N-dealkylation sites (N-methyl/N-ethyl adjacent to an activating group) is 1. The zero-order valence-corrected chi connectivity index (χ0v) is 15.4. The highest BCUT2D eigenvalue weighted by Gasteiger charge is 2.34. The van der Waals surface area contributed by atoms with Crippen molar-refractivity contribution in [1.29, 1.82) is 0 Å². The zero-order valence-electron chi connectivity index (χ0n) is 15.4. The molecule has 6 heteroatoms. The van der Waals surface area contributed by atoms with Crippen molar-refractivity contribution in [3.63, 3.8) is 0 Å². The van der Waals surface area contributed by atoms with Crippen LogP contribution in [0.4, 0.5) is 5.69 Å². The summed E-state index contributed by atoms with van der Waals surface area (Å²) >= 11 is 0. The molecule has 1 aromatic heterocycles. The van der Waals surface area contributed by atoms with Crippen LogP contribution in [0, 0.1) is 0 Å². The highest BCUT2D eigenvalue weighted by atomic mass is 16.2. The minimum absolute atomic E-state index is 0.114. The molecule has 0 aliphatic carbocycles. The third-order valence-corrected chi connectivity index (χ3v) is 4.91. The van der Waals surface area contributed by atoms with Gasteiger partial charge in [0.25, 0.3) is 0 Å². The maximum absolute atomic E-state index is 12.9. The van der Waals surface area contributed by atoms with Gasteiger partial charge in [0.1, 0.15) is 11.9 Å². The van der Waals surface area contributed by atoms with Crippen molar-refractivity contribution in [3.05, 3.63) is 77.9 Å². The van der Waals surface area contributed by atoms with Crippen LogP contribution < -0.4 is 5.32 Å². The van der Waals surface area contributed by atoms with E-state index in [1.165, 1.54) is 0 Å². The molecular formula is C21H23N5O. The summed E-state index contributed by atoms with van der Waals surface area (Å²) in [6.07, 6.45) is 1.36. The van der Waals surface area contributed by atoms with E-state index in [4.69, 9.17) is 0 Å². The van der Waals surface area contributed by atoms with Crippen molar-refractivity contribution in [3.8, 4) is 0 Å². The van der Waals surface area contributed by atoms with Crippen LogP contribution in [0.1, 0.15) is 23.3 Å². The third kappa shape index (κ3) is 3.69. The second-order valence-electron chi connectivity index (χ2n) is 6.85. The molecule has 0 bridgehead atoms. The number of carbonyl (C=O) groups excluding carboxylic acids is 1. The second-order valence-corrected chi connectivity index (χ2v) is 6.85. The van der Waals surface area contributed by atoms with E-state index in [0.29, 0.717) is 19.4 Å². The minimum Gasteiger partial charge on any atom is -0.385 e. The van der Waals surface area contributed by atoms with Crippen molar-refractivity contribution in [1.82, 2.24) is 19.7 Å². The van der Waals surface area contributed by atoms with Gasteiger partial charge in [-0.3, -0.25) is 4.79 Å².